The molecule has 1 aromatic heterocycles. The molecule has 1 heterocycles. The molecule has 1 aromatic rings. The number of aromatic nitrogens is 1. The fraction of sp³-hybridized carbons (Fsp3) is 0.765. The van der Waals surface area contributed by atoms with Crippen molar-refractivity contribution in [2.45, 2.75) is 71.8 Å². The average Bonchev–Trinajstić information content (AvgIpc) is 3.03. The van der Waals surface area contributed by atoms with Gasteiger partial charge < -0.3 is 10.4 Å². The summed E-state index contributed by atoms with van der Waals surface area (Å²) in [5.74, 6) is 0.523. The summed E-state index contributed by atoms with van der Waals surface area (Å²) in [6, 6.07) is 0. The third-order valence-electron chi connectivity index (χ3n) is 4.30. The first-order valence-electron chi connectivity index (χ1n) is 8.22. The summed E-state index contributed by atoms with van der Waals surface area (Å²) < 4.78 is 0. The van der Waals surface area contributed by atoms with Crippen molar-refractivity contribution >= 4 is 17.2 Å². The van der Waals surface area contributed by atoms with Gasteiger partial charge in [0.25, 0.3) is 5.91 Å². The highest BCUT2D eigenvalue weighted by molar-refractivity contribution is 7.13. The van der Waals surface area contributed by atoms with Crippen LogP contribution in [0.3, 0.4) is 0 Å². The number of nitrogens with zero attached hydrogens (tertiary/aromatic N) is 1. The molecule has 1 unspecified atom stereocenters. The second kappa shape index (κ2) is 7.09. The zero-order valence-corrected chi connectivity index (χ0v) is 14.9. The number of hydrogen-bond acceptors (Lipinski definition) is 4. The van der Waals surface area contributed by atoms with E-state index in [1.807, 2.05) is 6.92 Å². The molecule has 0 aliphatic heterocycles. The van der Waals surface area contributed by atoms with E-state index in [1.165, 1.54) is 25.7 Å². The number of carbonyl (C=O) groups excluding carboxylic acids is 1. The van der Waals surface area contributed by atoms with Crippen molar-refractivity contribution in [1.82, 2.24) is 10.3 Å². The molecule has 0 spiro atoms. The molecule has 1 amide bonds. The monoisotopic (exact) mass is 324 g/mol. The third kappa shape index (κ3) is 4.53. The molecule has 22 heavy (non-hydrogen) atoms. The summed E-state index contributed by atoms with van der Waals surface area (Å²) in [5.41, 5.74) is 0.731. The van der Waals surface area contributed by atoms with Crippen LogP contribution in [-0.4, -0.2) is 28.6 Å². The van der Waals surface area contributed by atoms with Crippen molar-refractivity contribution in [2.24, 2.45) is 5.41 Å². The Morgan fingerprint density at radius 2 is 2.09 bits per heavy atom. The summed E-state index contributed by atoms with van der Waals surface area (Å²) in [7, 11) is 0. The van der Waals surface area contributed by atoms with Crippen molar-refractivity contribution in [2.75, 3.05) is 6.54 Å². The first kappa shape index (κ1) is 17.4. The fourth-order valence-electron chi connectivity index (χ4n) is 3.25. The molecule has 124 valence electrons. The van der Waals surface area contributed by atoms with Gasteiger partial charge in [0, 0.05) is 12.5 Å². The molecule has 1 fully saturated rings. The van der Waals surface area contributed by atoms with Gasteiger partial charge in [0.15, 0.2) is 0 Å². The van der Waals surface area contributed by atoms with Crippen LogP contribution >= 0.6 is 11.3 Å². The largest absolute Gasteiger partial charge is 0.393 e. The zero-order chi connectivity index (χ0) is 16.3. The Hall–Kier alpha value is -0.940. The van der Waals surface area contributed by atoms with Crippen LogP contribution in [0.2, 0.25) is 0 Å². The van der Waals surface area contributed by atoms with Crippen LogP contribution in [0, 0.1) is 12.3 Å². The summed E-state index contributed by atoms with van der Waals surface area (Å²) in [4.78, 5) is 17.8. The SMILES string of the molecule is Cc1nc(C2CCCC2)sc1C(=O)NCC(C)(C)CC(C)O. The molecule has 0 aromatic carbocycles. The number of rotatable bonds is 6. The van der Waals surface area contributed by atoms with E-state index in [4.69, 9.17) is 0 Å². The predicted octanol–water partition coefficient (Wildman–Crippen LogP) is 3.64. The topological polar surface area (TPSA) is 62.2 Å². The Balaban J connectivity index is 1.97. The second-order valence-corrected chi connectivity index (χ2v) is 8.38. The minimum Gasteiger partial charge on any atom is -0.393 e. The van der Waals surface area contributed by atoms with Gasteiger partial charge in [-0.15, -0.1) is 11.3 Å². The Morgan fingerprint density at radius 1 is 1.45 bits per heavy atom. The maximum Gasteiger partial charge on any atom is 0.263 e. The van der Waals surface area contributed by atoms with Crippen molar-refractivity contribution in [1.29, 1.82) is 0 Å². The van der Waals surface area contributed by atoms with Crippen molar-refractivity contribution in [3.05, 3.63) is 15.6 Å². The van der Waals surface area contributed by atoms with Crippen molar-refractivity contribution in [3.8, 4) is 0 Å². The standard InChI is InChI=1S/C17H28N2O2S/c1-11(20)9-17(3,4)10-18-15(21)14-12(2)19-16(22-14)13-7-5-6-8-13/h11,13,20H,5-10H2,1-4H3,(H,18,21). The zero-order valence-electron chi connectivity index (χ0n) is 14.1. The van der Waals surface area contributed by atoms with Crippen LogP contribution in [0.25, 0.3) is 0 Å². The molecule has 5 heteroatoms. The molecule has 4 nitrogen and oxygen atoms in total. The third-order valence-corrected chi connectivity index (χ3v) is 5.62. The molecule has 2 rings (SSSR count). The number of aryl methyl sites for hydroxylation is 1. The lowest BCUT2D eigenvalue weighted by Gasteiger charge is -2.26. The Morgan fingerprint density at radius 3 is 2.68 bits per heavy atom. The number of hydrogen-bond donors (Lipinski definition) is 2. The minimum absolute atomic E-state index is 0.0297. The normalized spacial score (nSPS) is 17.7. The van der Waals surface area contributed by atoms with Gasteiger partial charge in [-0.25, -0.2) is 4.98 Å². The van der Waals surface area contributed by atoms with E-state index in [0.29, 0.717) is 18.9 Å². The number of amides is 1. The first-order chi connectivity index (χ1) is 10.3. The summed E-state index contributed by atoms with van der Waals surface area (Å²) >= 11 is 1.56. The van der Waals surface area contributed by atoms with Gasteiger partial charge in [-0.05, 0) is 38.5 Å². The lowest BCUT2D eigenvalue weighted by Crippen LogP contribution is -2.35. The molecule has 1 atom stereocenters. The van der Waals surface area contributed by atoms with Crippen LogP contribution in [0.15, 0.2) is 0 Å². The van der Waals surface area contributed by atoms with Crippen molar-refractivity contribution in [3.63, 3.8) is 0 Å². The van der Waals surface area contributed by atoms with Gasteiger partial charge in [-0.3, -0.25) is 4.79 Å². The van der Waals surface area contributed by atoms with Crippen LogP contribution in [0.5, 0.6) is 0 Å². The van der Waals surface area contributed by atoms with Gasteiger partial charge in [0.1, 0.15) is 4.88 Å². The van der Waals surface area contributed by atoms with E-state index < -0.39 is 0 Å². The van der Waals surface area contributed by atoms with Crippen LogP contribution in [-0.2, 0) is 0 Å². The molecule has 0 bridgehead atoms. The smallest absolute Gasteiger partial charge is 0.263 e. The Labute approximate surface area is 137 Å². The predicted molar refractivity (Wildman–Crippen MR) is 90.5 cm³/mol. The lowest BCUT2D eigenvalue weighted by atomic mass is 9.87. The summed E-state index contributed by atoms with van der Waals surface area (Å²) in [5, 5.41) is 13.7. The van der Waals surface area contributed by atoms with Gasteiger partial charge in [-0.2, -0.15) is 0 Å². The molecule has 1 aliphatic rings. The molecular weight excluding hydrogens is 296 g/mol. The first-order valence-corrected chi connectivity index (χ1v) is 9.04. The number of carbonyl (C=O) groups is 1. The van der Waals surface area contributed by atoms with Crippen LogP contribution in [0.1, 0.15) is 79.2 Å². The molecule has 0 saturated heterocycles. The highest BCUT2D eigenvalue weighted by atomic mass is 32.1. The van der Waals surface area contributed by atoms with Gasteiger partial charge in [-0.1, -0.05) is 26.7 Å². The second-order valence-electron chi connectivity index (χ2n) is 7.35. The van der Waals surface area contributed by atoms with Gasteiger partial charge in [0.05, 0.1) is 16.8 Å². The fourth-order valence-corrected chi connectivity index (χ4v) is 4.40. The number of thiazole rings is 1. The molecule has 1 saturated carbocycles. The molecule has 0 radical (unpaired) electrons. The number of nitrogens with one attached hydrogen (secondary N) is 1. The van der Waals surface area contributed by atoms with Crippen molar-refractivity contribution < 1.29 is 9.90 Å². The summed E-state index contributed by atoms with van der Waals surface area (Å²) in [6.45, 7) is 8.38. The van der Waals surface area contributed by atoms with E-state index in [1.54, 1.807) is 18.3 Å². The highest BCUT2D eigenvalue weighted by Crippen LogP contribution is 2.37. The van der Waals surface area contributed by atoms with Crippen LogP contribution in [0.4, 0.5) is 0 Å². The minimum atomic E-state index is -0.356. The summed E-state index contributed by atoms with van der Waals surface area (Å²) in [6.07, 6.45) is 5.27. The lowest BCUT2D eigenvalue weighted by molar-refractivity contribution is 0.0905. The molecule has 2 N–H and O–H groups in total. The van der Waals surface area contributed by atoms with E-state index in [2.05, 4.69) is 24.1 Å². The quantitative estimate of drug-likeness (QED) is 0.840. The number of aliphatic hydroxyl groups is 1. The van der Waals surface area contributed by atoms with Gasteiger partial charge in [0.2, 0.25) is 0 Å². The highest BCUT2D eigenvalue weighted by Gasteiger charge is 2.25. The molecule has 1 aliphatic carbocycles. The van der Waals surface area contributed by atoms with Gasteiger partial charge >= 0.3 is 0 Å². The Kier molecular flexibility index (Phi) is 5.61. The maximum atomic E-state index is 12.4. The average molecular weight is 324 g/mol. The molecular formula is C17H28N2O2S. The van der Waals surface area contributed by atoms with E-state index in [9.17, 15) is 9.90 Å². The maximum absolute atomic E-state index is 12.4. The Bertz CT molecular complexity index is 517. The van der Waals surface area contributed by atoms with Crippen LogP contribution < -0.4 is 5.32 Å². The number of aliphatic hydroxyl groups excluding tert-OH is 1. The van der Waals surface area contributed by atoms with E-state index >= 15 is 0 Å². The van der Waals surface area contributed by atoms with E-state index in [-0.39, 0.29) is 17.4 Å². The van der Waals surface area contributed by atoms with E-state index in [0.717, 1.165) is 15.6 Å².